The predicted octanol–water partition coefficient (Wildman–Crippen LogP) is 3.87. The van der Waals surface area contributed by atoms with Crippen molar-refractivity contribution in [2.24, 2.45) is 0 Å². The molecule has 144 valence electrons. The zero-order chi connectivity index (χ0) is 20.5. The summed E-state index contributed by atoms with van der Waals surface area (Å²) in [6.45, 7) is 5.74. The van der Waals surface area contributed by atoms with Crippen molar-refractivity contribution in [2.75, 3.05) is 12.4 Å². The Morgan fingerprint density at radius 1 is 1.11 bits per heavy atom. The summed E-state index contributed by atoms with van der Waals surface area (Å²) in [6, 6.07) is 10.6. The molecule has 2 aromatic carbocycles. The first-order chi connectivity index (χ1) is 13.4. The van der Waals surface area contributed by atoms with E-state index in [1.165, 1.54) is 0 Å². The summed E-state index contributed by atoms with van der Waals surface area (Å²) in [5, 5.41) is 8.57. The largest absolute Gasteiger partial charge is 0.394 e. The lowest BCUT2D eigenvalue weighted by molar-refractivity contribution is 0.112. The second-order valence-corrected chi connectivity index (χ2v) is 6.49. The standard InChI is InChI=1S/C23H25N3O2/c1-16-5-6-17(2)22(13-16)26-23(28)25-18(3)7-8-19-9-10-21(15-27)20(14-19)11-12-24-4/h5-6,9-15,18,24H,1-4H3,(H2,25,26,28)/b12-11-. The molecule has 0 aliphatic rings. The van der Waals surface area contributed by atoms with Crippen LogP contribution in [0.5, 0.6) is 0 Å². The summed E-state index contributed by atoms with van der Waals surface area (Å²) >= 11 is 0. The highest BCUT2D eigenvalue weighted by molar-refractivity contribution is 5.90. The maximum atomic E-state index is 12.2. The minimum Gasteiger partial charge on any atom is -0.394 e. The summed E-state index contributed by atoms with van der Waals surface area (Å²) < 4.78 is 0. The molecule has 0 aliphatic heterocycles. The van der Waals surface area contributed by atoms with Crippen LogP contribution in [-0.4, -0.2) is 25.4 Å². The molecular weight excluding hydrogens is 350 g/mol. The predicted molar refractivity (Wildman–Crippen MR) is 114 cm³/mol. The number of urea groups is 1. The Bertz CT molecular complexity index is 952. The lowest BCUT2D eigenvalue weighted by Gasteiger charge is -2.12. The number of anilines is 1. The van der Waals surface area contributed by atoms with Crippen molar-refractivity contribution >= 4 is 24.1 Å². The molecule has 0 bridgehead atoms. The first-order valence-electron chi connectivity index (χ1n) is 9.02. The lowest BCUT2D eigenvalue weighted by atomic mass is 10.0. The van der Waals surface area contributed by atoms with Crippen LogP contribution >= 0.6 is 0 Å². The van der Waals surface area contributed by atoms with Gasteiger partial charge in [-0.05, 0) is 74.0 Å². The van der Waals surface area contributed by atoms with Gasteiger partial charge < -0.3 is 16.0 Å². The summed E-state index contributed by atoms with van der Waals surface area (Å²) in [5.74, 6) is 6.05. The van der Waals surface area contributed by atoms with Crippen LogP contribution in [0.4, 0.5) is 10.5 Å². The molecule has 28 heavy (non-hydrogen) atoms. The number of aryl methyl sites for hydroxylation is 2. The molecule has 2 aromatic rings. The highest BCUT2D eigenvalue weighted by atomic mass is 16.2. The number of hydrogen-bond donors (Lipinski definition) is 3. The Kier molecular flexibility index (Phi) is 7.41. The number of hydrogen-bond acceptors (Lipinski definition) is 3. The van der Waals surface area contributed by atoms with Crippen molar-refractivity contribution in [2.45, 2.75) is 26.8 Å². The Morgan fingerprint density at radius 2 is 1.89 bits per heavy atom. The van der Waals surface area contributed by atoms with Gasteiger partial charge >= 0.3 is 6.03 Å². The molecule has 0 aromatic heterocycles. The van der Waals surface area contributed by atoms with Gasteiger partial charge in [-0.1, -0.05) is 24.0 Å². The van der Waals surface area contributed by atoms with Crippen molar-refractivity contribution < 1.29 is 9.59 Å². The molecule has 5 nitrogen and oxygen atoms in total. The molecular formula is C23H25N3O2. The Morgan fingerprint density at radius 3 is 2.61 bits per heavy atom. The van der Waals surface area contributed by atoms with E-state index in [1.54, 1.807) is 25.4 Å². The average Bonchev–Trinajstić information content (AvgIpc) is 2.67. The number of carbonyl (C=O) groups excluding carboxylic acids is 2. The SMILES string of the molecule is CN/C=C\c1cc(C#CC(C)NC(=O)Nc2cc(C)ccc2C)ccc1C=O. The Labute approximate surface area is 166 Å². The molecule has 3 N–H and O–H groups in total. The summed E-state index contributed by atoms with van der Waals surface area (Å²) in [4.78, 5) is 23.3. The van der Waals surface area contributed by atoms with Gasteiger partial charge in [0.1, 0.15) is 0 Å². The third-order valence-corrected chi connectivity index (χ3v) is 4.07. The van der Waals surface area contributed by atoms with E-state index in [9.17, 15) is 9.59 Å². The second kappa shape index (κ2) is 9.98. The molecule has 0 saturated carbocycles. The number of amides is 2. The number of nitrogens with one attached hydrogen (secondary N) is 3. The maximum Gasteiger partial charge on any atom is 0.320 e. The van der Waals surface area contributed by atoms with Crippen LogP contribution in [0.25, 0.3) is 6.08 Å². The first-order valence-corrected chi connectivity index (χ1v) is 9.02. The van der Waals surface area contributed by atoms with Crippen LogP contribution in [0.15, 0.2) is 42.6 Å². The monoisotopic (exact) mass is 375 g/mol. The fraction of sp³-hybridized carbons (Fsp3) is 0.217. The molecule has 1 atom stereocenters. The summed E-state index contributed by atoms with van der Waals surface area (Å²) in [6.07, 6.45) is 4.38. The molecule has 0 spiro atoms. The smallest absolute Gasteiger partial charge is 0.320 e. The van der Waals surface area contributed by atoms with Gasteiger partial charge in [0.15, 0.2) is 6.29 Å². The molecule has 2 rings (SSSR count). The molecule has 0 heterocycles. The second-order valence-electron chi connectivity index (χ2n) is 6.49. The van der Waals surface area contributed by atoms with E-state index in [-0.39, 0.29) is 12.1 Å². The minimum absolute atomic E-state index is 0.301. The van der Waals surface area contributed by atoms with Crippen LogP contribution in [0.1, 0.15) is 39.5 Å². The molecule has 0 radical (unpaired) electrons. The number of carbonyl (C=O) groups is 2. The van der Waals surface area contributed by atoms with Gasteiger partial charge in [0, 0.05) is 23.9 Å². The third kappa shape index (κ3) is 6.03. The van der Waals surface area contributed by atoms with Crippen LogP contribution < -0.4 is 16.0 Å². The van der Waals surface area contributed by atoms with Crippen LogP contribution in [0, 0.1) is 25.7 Å². The van der Waals surface area contributed by atoms with Crippen LogP contribution in [0.2, 0.25) is 0 Å². The molecule has 1 unspecified atom stereocenters. The fourth-order valence-electron chi connectivity index (χ4n) is 2.53. The van der Waals surface area contributed by atoms with Crippen molar-refractivity contribution in [3.63, 3.8) is 0 Å². The molecule has 0 aliphatic carbocycles. The van der Waals surface area contributed by atoms with Crippen molar-refractivity contribution in [1.82, 2.24) is 10.6 Å². The van der Waals surface area contributed by atoms with E-state index in [4.69, 9.17) is 0 Å². The van der Waals surface area contributed by atoms with Crippen LogP contribution in [0.3, 0.4) is 0 Å². The van der Waals surface area contributed by atoms with Crippen molar-refractivity contribution in [3.05, 3.63) is 70.4 Å². The average molecular weight is 375 g/mol. The van der Waals surface area contributed by atoms with Gasteiger partial charge in [-0.15, -0.1) is 0 Å². The lowest BCUT2D eigenvalue weighted by Crippen LogP contribution is -2.35. The highest BCUT2D eigenvalue weighted by Gasteiger charge is 2.07. The summed E-state index contributed by atoms with van der Waals surface area (Å²) in [7, 11) is 1.79. The molecule has 5 heteroatoms. The van der Waals surface area contributed by atoms with Gasteiger partial charge in [0.05, 0.1) is 6.04 Å². The van der Waals surface area contributed by atoms with E-state index in [0.29, 0.717) is 5.56 Å². The van der Waals surface area contributed by atoms with Gasteiger partial charge in [-0.3, -0.25) is 4.79 Å². The Balaban J connectivity index is 2.05. The van der Waals surface area contributed by atoms with Crippen LogP contribution in [-0.2, 0) is 0 Å². The number of rotatable bonds is 5. The zero-order valence-corrected chi connectivity index (χ0v) is 16.6. The van der Waals surface area contributed by atoms with E-state index in [1.807, 2.05) is 51.1 Å². The van der Waals surface area contributed by atoms with E-state index < -0.39 is 0 Å². The van der Waals surface area contributed by atoms with Crippen molar-refractivity contribution in [3.8, 4) is 11.8 Å². The van der Waals surface area contributed by atoms with Gasteiger partial charge in [-0.25, -0.2) is 4.79 Å². The van der Waals surface area contributed by atoms with Crippen molar-refractivity contribution in [1.29, 1.82) is 0 Å². The maximum absolute atomic E-state index is 12.2. The molecule has 0 fully saturated rings. The fourth-order valence-corrected chi connectivity index (χ4v) is 2.53. The third-order valence-electron chi connectivity index (χ3n) is 4.07. The molecule has 2 amide bonds. The minimum atomic E-state index is -0.341. The first kappa shape index (κ1) is 20.8. The number of benzene rings is 2. The quantitative estimate of drug-likeness (QED) is 0.549. The van der Waals surface area contributed by atoms with E-state index in [0.717, 1.165) is 34.2 Å². The van der Waals surface area contributed by atoms with Gasteiger partial charge in [0.25, 0.3) is 0 Å². The summed E-state index contributed by atoms with van der Waals surface area (Å²) in [5.41, 5.74) is 5.00. The number of aldehydes is 1. The van der Waals surface area contributed by atoms with E-state index in [2.05, 4.69) is 27.8 Å². The Hall–Kier alpha value is -3.52. The zero-order valence-electron chi connectivity index (χ0n) is 16.6. The highest BCUT2D eigenvalue weighted by Crippen LogP contribution is 2.16. The van der Waals surface area contributed by atoms with E-state index >= 15 is 0 Å². The normalized spacial score (nSPS) is 11.3. The van der Waals surface area contributed by atoms with Gasteiger partial charge in [0.2, 0.25) is 0 Å². The topological polar surface area (TPSA) is 70.2 Å². The van der Waals surface area contributed by atoms with Gasteiger partial charge in [-0.2, -0.15) is 0 Å². The molecule has 0 saturated heterocycles.